The summed E-state index contributed by atoms with van der Waals surface area (Å²) in [6.45, 7) is 3.30. The van der Waals surface area contributed by atoms with Crippen molar-refractivity contribution in [3.05, 3.63) is 24.8 Å². The molecule has 0 amide bonds. The molecule has 0 aliphatic rings. The molecule has 0 aromatic carbocycles. The summed E-state index contributed by atoms with van der Waals surface area (Å²) in [6, 6.07) is 0. The fourth-order valence-corrected chi connectivity index (χ4v) is 0.747. The molecule has 0 saturated heterocycles. The van der Waals surface area contributed by atoms with Gasteiger partial charge in [-0.2, -0.15) is 13.2 Å². The van der Waals surface area contributed by atoms with E-state index in [2.05, 4.69) is 6.58 Å². The quantitative estimate of drug-likeness (QED) is 0.467. The fraction of sp³-hybridized carbons (Fsp3) is 0.429. The van der Waals surface area contributed by atoms with Gasteiger partial charge in [-0.25, -0.2) is 0 Å². The minimum absolute atomic E-state index is 0.993. The summed E-state index contributed by atoms with van der Waals surface area (Å²) in [6.07, 6.45) is -1.17. The number of hydrogen-bond donors (Lipinski definition) is 0. The van der Waals surface area contributed by atoms with Gasteiger partial charge in [-0.05, 0) is 0 Å². The molecule has 0 fully saturated rings. The Morgan fingerprint density at radius 2 is 2.00 bits per heavy atom. The molecule has 0 aliphatic heterocycles. The summed E-state index contributed by atoms with van der Waals surface area (Å²) in [5.74, 6) is 0. The highest BCUT2D eigenvalue weighted by Crippen LogP contribution is 2.24. The molecule has 11 heavy (non-hydrogen) atoms. The molecule has 1 atom stereocenters. The third-order valence-corrected chi connectivity index (χ3v) is 1.18. The minimum atomic E-state index is -4.20. The predicted molar refractivity (Wildman–Crippen MR) is 39.7 cm³/mol. The number of halogens is 4. The Morgan fingerprint density at radius 1 is 1.45 bits per heavy atom. The summed E-state index contributed by atoms with van der Waals surface area (Å²) in [4.78, 5) is 0. The Morgan fingerprint density at radius 3 is 2.36 bits per heavy atom. The highest BCUT2D eigenvalue weighted by Gasteiger charge is 2.29. The smallest absolute Gasteiger partial charge is 0.171 e. The number of allylic oxidation sites excluding steroid dienone is 3. The van der Waals surface area contributed by atoms with Crippen molar-refractivity contribution in [3.8, 4) is 0 Å². The van der Waals surface area contributed by atoms with Gasteiger partial charge in [-0.3, -0.25) is 0 Å². The summed E-state index contributed by atoms with van der Waals surface area (Å²) < 4.78 is 34.8. The Balaban J connectivity index is 3.78. The second-order valence-electron chi connectivity index (χ2n) is 1.96. The zero-order chi connectivity index (χ0) is 8.91. The number of rotatable bonds is 3. The summed E-state index contributed by atoms with van der Waals surface area (Å²) >= 11 is 5.29. The van der Waals surface area contributed by atoms with E-state index >= 15 is 0 Å². The first-order valence-electron chi connectivity index (χ1n) is 2.96. The summed E-state index contributed by atoms with van der Waals surface area (Å²) in [5, 5.41) is -0.993. The van der Waals surface area contributed by atoms with Crippen LogP contribution in [0.5, 0.6) is 0 Å². The van der Waals surface area contributed by atoms with Crippen molar-refractivity contribution in [2.75, 3.05) is 0 Å². The highest BCUT2D eigenvalue weighted by molar-refractivity contribution is 6.21. The van der Waals surface area contributed by atoms with Crippen molar-refractivity contribution in [2.24, 2.45) is 0 Å². The zero-order valence-electron chi connectivity index (χ0n) is 5.74. The average molecular weight is 185 g/mol. The lowest BCUT2D eigenvalue weighted by Gasteiger charge is -2.07. The van der Waals surface area contributed by atoms with Crippen LogP contribution in [0, 0.1) is 0 Å². The molecular formula is C7H8ClF3. The summed E-state index contributed by atoms with van der Waals surface area (Å²) in [5.41, 5.74) is 0. The molecule has 0 aromatic rings. The van der Waals surface area contributed by atoms with Crippen LogP contribution in [0.25, 0.3) is 0 Å². The third-order valence-electron chi connectivity index (χ3n) is 0.882. The van der Waals surface area contributed by atoms with Gasteiger partial charge in [0.05, 0.1) is 11.8 Å². The van der Waals surface area contributed by atoms with E-state index in [0.29, 0.717) is 0 Å². The molecule has 0 radical (unpaired) electrons. The Labute approximate surface area is 68.3 Å². The van der Waals surface area contributed by atoms with Gasteiger partial charge in [0.1, 0.15) is 0 Å². The summed E-state index contributed by atoms with van der Waals surface area (Å²) in [7, 11) is 0. The average Bonchev–Trinajstić information content (AvgIpc) is 1.79. The van der Waals surface area contributed by atoms with Crippen LogP contribution in [-0.2, 0) is 0 Å². The molecule has 0 bridgehead atoms. The van der Waals surface area contributed by atoms with Gasteiger partial charge >= 0.3 is 6.18 Å². The molecule has 0 rings (SSSR count). The zero-order valence-corrected chi connectivity index (χ0v) is 6.49. The highest BCUT2D eigenvalue weighted by atomic mass is 35.5. The van der Waals surface area contributed by atoms with E-state index in [-0.39, 0.29) is 0 Å². The molecule has 0 aromatic heterocycles. The topological polar surface area (TPSA) is 0 Å². The van der Waals surface area contributed by atoms with Gasteiger partial charge in [-0.15, -0.1) is 11.6 Å². The second kappa shape index (κ2) is 4.44. The third kappa shape index (κ3) is 7.46. The van der Waals surface area contributed by atoms with Crippen molar-refractivity contribution < 1.29 is 13.2 Å². The van der Waals surface area contributed by atoms with Crippen molar-refractivity contribution in [1.82, 2.24) is 0 Å². The Bertz CT molecular complexity index is 148. The molecule has 0 N–H and O–H groups in total. The van der Waals surface area contributed by atoms with Gasteiger partial charge in [0, 0.05) is 0 Å². The van der Waals surface area contributed by atoms with Crippen LogP contribution in [0.15, 0.2) is 24.8 Å². The van der Waals surface area contributed by atoms with E-state index in [4.69, 9.17) is 11.6 Å². The number of alkyl halides is 4. The van der Waals surface area contributed by atoms with Gasteiger partial charge < -0.3 is 0 Å². The second-order valence-corrected chi connectivity index (χ2v) is 2.52. The lowest BCUT2D eigenvalue weighted by atomic mass is 10.3. The molecule has 0 spiro atoms. The standard InChI is InChI=1S/C7H8ClF3/c1-2-3-4-6(8)5-7(9,10)11/h2-4,6H,1,5H2/b4-3-. The van der Waals surface area contributed by atoms with Crippen LogP contribution in [0.3, 0.4) is 0 Å². The SMILES string of the molecule is C=C/C=C\C(Cl)CC(F)(F)F. The van der Waals surface area contributed by atoms with Crippen LogP contribution < -0.4 is 0 Å². The van der Waals surface area contributed by atoms with Gasteiger partial charge in [-0.1, -0.05) is 24.8 Å². The first-order valence-corrected chi connectivity index (χ1v) is 3.39. The predicted octanol–water partition coefficient (Wildman–Crippen LogP) is 3.29. The molecule has 0 aliphatic carbocycles. The molecule has 0 saturated carbocycles. The lowest BCUT2D eigenvalue weighted by molar-refractivity contribution is -0.132. The van der Waals surface area contributed by atoms with Crippen molar-refractivity contribution in [3.63, 3.8) is 0 Å². The van der Waals surface area contributed by atoms with Crippen molar-refractivity contribution >= 4 is 11.6 Å². The van der Waals surface area contributed by atoms with Crippen LogP contribution >= 0.6 is 11.6 Å². The first-order chi connectivity index (χ1) is 4.95. The van der Waals surface area contributed by atoms with Crippen molar-refractivity contribution in [2.45, 2.75) is 18.0 Å². The first kappa shape index (κ1) is 10.6. The molecule has 64 valence electrons. The Kier molecular flexibility index (Phi) is 4.26. The molecule has 4 heteroatoms. The van der Waals surface area contributed by atoms with Crippen molar-refractivity contribution in [1.29, 1.82) is 0 Å². The fourth-order valence-electron chi connectivity index (χ4n) is 0.488. The maximum absolute atomic E-state index is 11.6. The Hall–Kier alpha value is -0.440. The van der Waals surface area contributed by atoms with Gasteiger partial charge in [0.15, 0.2) is 0 Å². The normalized spacial score (nSPS) is 15.3. The molecule has 0 nitrogen and oxygen atoms in total. The van der Waals surface area contributed by atoms with Crippen LogP contribution in [0.1, 0.15) is 6.42 Å². The maximum Gasteiger partial charge on any atom is 0.390 e. The number of hydrogen-bond acceptors (Lipinski definition) is 0. The molecule has 0 heterocycles. The largest absolute Gasteiger partial charge is 0.390 e. The lowest BCUT2D eigenvalue weighted by Crippen LogP contribution is -2.13. The molecule has 1 unspecified atom stereocenters. The van der Waals surface area contributed by atoms with E-state index in [1.54, 1.807) is 0 Å². The van der Waals surface area contributed by atoms with Crippen LogP contribution in [-0.4, -0.2) is 11.6 Å². The van der Waals surface area contributed by atoms with E-state index in [0.717, 1.165) is 0 Å². The van der Waals surface area contributed by atoms with Crippen LogP contribution in [0.2, 0.25) is 0 Å². The van der Waals surface area contributed by atoms with E-state index in [1.165, 1.54) is 18.2 Å². The van der Waals surface area contributed by atoms with E-state index in [1.807, 2.05) is 0 Å². The van der Waals surface area contributed by atoms with E-state index < -0.39 is 18.0 Å². The maximum atomic E-state index is 11.6. The monoisotopic (exact) mass is 184 g/mol. The van der Waals surface area contributed by atoms with E-state index in [9.17, 15) is 13.2 Å². The molecular weight excluding hydrogens is 177 g/mol. The minimum Gasteiger partial charge on any atom is -0.171 e. The van der Waals surface area contributed by atoms with Crippen LogP contribution in [0.4, 0.5) is 13.2 Å². The van der Waals surface area contributed by atoms with Gasteiger partial charge in [0.25, 0.3) is 0 Å². The van der Waals surface area contributed by atoms with Gasteiger partial charge in [0.2, 0.25) is 0 Å².